The number of phenols is 1. The highest BCUT2D eigenvalue weighted by Gasteiger charge is 2.19. The molecule has 2 aromatic rings. The number of carbonyl (C=O) groups is 1. The summed E-state index contributed by atoms with van der Waals surface area (Å²) in [6.45, 7) is 0. The van der Waals surface area contributed by atoms with Gasteiger partial charge in [-0.05, 0) is 18.2 Å². The summed E-state index contributed by atoms with van der Waals surface area (Å²) in [5.41, 5.74) is 0.0141. The molecule has 9 heteroatoms. The average molecular weight is 297 g/mol. The molecule has 0 fully saturated rings. The number of aromatic amines is 1. The molecule has 0 aliphatic heterocycles. The van der Waals surface area contributed by atoms with Gasteiger partial charge in [0.2, 0.25) is 0 Å². The number of benzene rings is 1. The molecule has 0 spiro atoms. The molecule has 106 valence electrons. The zero-order chi connectivity index (χ0) is 14.8. The maximum Gasteiger partial charge on any atom is 0.341 e. The number of hydrogen-bond acceptors (Lipinski definition) is 6. The number of carbonyl (C=O) groups excluding carboxylic acids is 1. The summed E-state index contributed by atoms with van der Waals surface area (Å²) in [5, 5.41) is 15.6. The van der Waals surface area contributed by atoms with Gasteiger partial charge in [0.1, 0.15) is 11.3 Å². The maximum absolute atomic E-state index is 12.1. The minimum absolute atomic E-state index is 0.183. The van der Waals surface area contributed by atoms with Crippen LogP contribution in [0.25, 0.3) is 0 Å². The normalized spacial score (nSPS) is 11.1. The summed E-state index contributed by atoms with van der Waals surface area (Å²) >= 11 is 0. The Hall–Kier alpha value is -2.55. The molecule has 0 unspecified atom stereocenters. The Morgan fingerprint density at radius 2 is 2.20 bits per heavy atom. The van der Waals surface area contributed by atoms with Crippen molar-refractivity contribution >= 4 is 21.7 Å². The van der Waals surface area contributed by atoms with Crippen molar-refractivity contribution in [3.8, 4) is 5.75 Å². The number of phenolic OH excluding ortho intramolecular Hbond substituents is 1. The van der Waals surface area contributed by atoms with Crippen molar-refractivity contribution < 1.29 is 23.1 Å². The molecule has 3 N–H and O–H groups in total. The number of esters is 1. The Labute approximate surface area is 114 Å². The monoisotopic (exact) mass is 297 g/mol. The van der Waals surface area contributed by atoms with Crippen LogP contribution in [-0.2, 0) is 14.8 Å². The molecule has 0 saturated heterocycles. The molecule has 8 nitrogen and oxygen atoms in total. The summed E-state index contributed by atoms with van der Waals surface area (Å²) in [5.74, 6) is -1.19. The first-order chi connectivity index (χ1) is 9.44. The zero-order valence-electron chi connectivity index (χ0n) is 10.3. The number of aromatic hydroxyl groups is 1. The van der Waals surface area contributed by atoms with Crippen LogP contribution in [0.4, 0.5) is 5.69 Å². The van der Waals surface area contributed by atoms with Crippen molar-refractivity contribution in [2.24, 2.45) is 0 Å². The number of sulfonamides is 1. The van der Waals surface area contributed by atoms with E-state index in [1.807, 2.05) is 0 Å². The van der Waals surface area contributed by atoms with Gasteiger partial charge in [-0.25, -0.2) is 13.2 Å². The Bertz CT molecular complexity index is 725. The lowest BCUT2D eigenvalue weighted by atomic mass is 10.2. The van der Waals surface area contributed by atoms with E-state index in [1.165, 1.54) is 18.5 Å². The molecule has 2 rings (SSSR count). The van der Waals surface area contributed by atoms with Gasteiger partial charge in [-0.1, -0.05) is 0 Å². The summed E-state index contributed by atoms with van der Waals surface area (Å²) in [6, 6.07) is 3.31. The van der Waals surface area contributed by atoms with Crippen LogP contribution in [0, 0.1) is 0 Å². The highest BCUT2D eigenvalue weighted by molar-refractivity contribution is 7.92. The van der Waals surface area contributed by atoms with E-state index in [0.29, 0.717) is 0 Å². The molecule has 0 saturated carbocycles. The highest BCUT2D eigenvalue weighted by atomic mass is 32.2. The number of methoxy groups -OCH3 is 1. The fourth-order valence-electron chi connectivity index (χ4n) is 1.48. The van der Waals surface area contributed by atoms with Crippen LogP contribution in [0.15, 0.2) is 35.5 Å². The number of hydrogen-bond donors (Lipinski definition) is 3. The number of anilines is 1. The van der Waals surface area contributed by atoms with Gasteiger partial charge in [0, 0.05) is 6.20 Å². The first-order valence-electron chi connectivity index (χ1n) is 5.37. The lowest BCUT2D eigenvalue weighted by molar-refractivity contribution is 0.0597. The molecule has 1 aromatic heterocycles. The summed E-state index contributed by atoms with van der Waals surface area (Å²) < 4.78 is 30.9. The summed E-state index contributed by atoms with van der Waals surface area (Å²) in [7, 11) is -2.76. The van der Waals surface area contributed by atoms with Crippen LogP contribution in [0.3, 0.4) is 0 Å². The standard InChI is InChI=1S/C11H11N3O5S/c1-19-11(16)9-4-8(2-3-10(9)15)20(17,18)14-7-5-12-13-6-7/h2-6,14-15H,1H3,(H,12,13). The third-order valence-corrected chi connectivity index (χ3v) is 3.81. The van der Waals surface area contributed by atoms with Crippen molar-refractivity contribution in [1.29, 1.82) is 0 Å². The Balaban J connectivity index is 2.40. The van der Waals surface area contributed by atoms with Gasteiger partial charge >= 0.3 is 5.97 Å². The second-order valence-electron chi connectivity index (χ2n) is 3.76. The predicted molar refractivity (Wildman–Crippen MR) is 68.8 cm³/mol. The first kappa shape index (κ1) is 13.9. The van der Waals surface area contributed by atoms with Crippen LogP contribution in [-0.4, -0.2) is 36.8 Å². The number of rotatable bonds is 4. The van der Waals surface area contributed by atoms with Crippen molar-refractivity contribution in [2.75, 3.05) is 11.8 Å². The zero-order valence-corrected chi connectivity index (χ0v) is 11.1. The van der Waals surface area contributed by atoms with E-state index in [2.05, 4.69) is 19.7 Å². The molecule has 0 atom stereocenters. The minimum atomic E-state index is -3.89. The van der Waals surface area contributed by atoms with Crippen LogP contribution in [0.1, 0.15) is 10.4 Å². The van der Waals surface area contributed by atoms with Gasteiger partial charge in [-0.15, -0.1) is 0 Å². The van der Waals surface area contributed by atoms with Crippen molar-refractivity contribution in [3.05, 3.63) is 36.2 Å². The van der Waals surface area contributed by atoms with Gasteiger partial charge in [-0.2, -0.15) is 5.10 Å². The number of ether oxygens (including phenoxy) is 1. The fourth-order valence-corrected chi connectivity index (χ4v) is 2.54. The molecule has 0 amide bonds. The van der Waals surface area contributed by atoms with E-state index in [-0.39, 0.29) is 21.9 Å². The largest absolute Gasteiger partial charge is 0.507 e. The Morgan fingerprint density at radius 3 is 2.80 bits per heavy atom. The predicted octanol–water partition coefficient (Wildman–Crippen LogP) is 0.703. The molecule has 20 heavy (non-hydrogen) atoms. The Morgan fingerprint density at radius 1 is 1.45 bits per heavy atom. The van der Waals surface area contributed by atoms with Crippen LogP contribution < -0.4 is 4.72 Å². The van der Waals surface area contributed by atoms with E-state index in [0.717, 1.165) is 19.2 Å². The van der Waals surface area contributed by atoms with Crippen molar-refractivity contribution in [3.63, 3.8) is 0 Å². The van der Waals surface area contributed by atoms with Gasteiger partial charge in [0.25, 0.3) is 10.0 Å². The molecule has 0 bridgehead atoms. The third kappa shape index (κ3) is 2.72. The molecular weight excluding hydrogens is 286 g/mol. The highest BCUT2D eigenvalue weighted by Crippen LogP contribution is 2.23. The number of aromatic nitrogens is 2. The average Bonchev–Trinajstić information content (AvgIpc) is 2.90. The number of nitrogens with zero attached hydrogens (tertiary/aromatic N) is 1. The van der Waals surface area contributed by atoms with Crippen LogP contribution in [0.2, 0.25) is 0 Å². The molecule has 0 radical (unpaired) electrons. The molecule has 1 heterocycles. The van der Waals surface area contributed by atoms with E-state index in [9.17, 15) is 18.3 Å². The quantitative estimate of drug-likeness (QED) is 0.714. The second-order valence-corrected chi connectivity index (χ2v) is 5.45. The molecule has 1 aromatic carbocycles. The SMILES string of the molecule is COC(=O)c1cc(S(=O)(=O)Nc2cn[nH]c2)ccc1O. The van der Waals surface area contributed by atoms with E-state index >= 15 is 0 Å². The van der Waals surface area contributed by atoms with E-state index < -0.39 is 16.0 Å². The molecule has 0 aliphatic rings. The second kappa shape index (κ2) is 5.21. The fraction of sp³-hybridized carbons (Fsp3) is 0.0909. The van der Waals surface area contributed by atoms with E-state index in [4.69, 9.17) is 0 Å². The first-order valence-corrected chi connectivity index (χ1v) is 6.85. The van der Waals surface area contributed by atoms with Gasteiger partial charge in [-0.3, -0.25) is 9.82 Å². The molecular formula is C11H11N3O5S. The van der Waals surface area contributed by atoms with Crippen LogP contribution in [0.5, 0.6) is 5.75 Å². The summed E-state index contributed by atoms with van der Waals surface area (Å²) in [4.78, 5) is 11.2. The van der Waals surface area contributed by atoms with E-state index in [1.54, 1.807) is 0 Å². The molecule has 0 aliphatic carbocycles. The van der Waals surface area contributed by atoms with Gasteiger partial charge < -0.3 is 9.84 Å². The number of H-pyrrole nitrogens is 1. The van der Waals surface area contributed by atoms with Gasteiger partial charge in [0.05, 0.1) is 23.9 Å². The Kier molecular flexibility index (Phi) is 3.61. The minimum Gasteiger partial charge on any atom is -0.507 e. The third-order valence-electron chi connectivity index (χ3n) is 2.43. The maximum atomic E-state index is 12.1. The van der Waals surface area contributed by atoms with Gasteiger partial charge in [0.15, 0.2) is 0 Å². The number of nitrogens with one attached hydrogen (secondary N) is 2. The van der Waals surface area contributed by atoms with Crippen molar-refractivity contribution in [2.45, 2.75) is 4.90 Å². The van der Waals surface area contributed by atoms with Crippen LogP contribution >= 0.6 is 0 Å². The lowest BCUT2D eigenvalue weighted by Crippen LogP contribution is -2.13. The summed E-state index contributed by atoms with van der Waals surface area (Å²) in [6.07, 6.45) is 2.65. The van der Waals surface area contributed by atoms with Crippen molar-refractivity contribution in [1.82, 2.24) is 10.2 Å². The lowest BCUT2D eigenvalue weighted by Gasteiger charge is -2.08. The smallest absolute Gasteiger partial charge is 0.341 e. The topological polar surface area (TPSA) is 121 Å².